The van der Waals surface area contributed by atoms with E-state index in [1.165, 1.54) is 21.2 Å². The molecule has 0 saturated heterocycles. The summed E-state index contributed by atoms with van der Waals surface area (Å²) in [4.78, 5) is 0. The second-order valence-corrected chi connectivity index (χ2v) is 7.32. The van der Waals surface area contributed by atoms with E-state index in [9.17, 15) is 0 Å². The lowest BCUT2D eigenvalue weighted by atomic mass is 9.87. The van der Waals surface area contributed by atoms with Gasteiger partial charge in [0.05, 0.1) is 0 Å². The van der Waals surface area contributed by atoms with Crippen LogP contribution >= 0.6 is 11.3 Å². The van der Waals surface area contributed by atoms with Crippen LogP contribution in [-0.2, 0) is 6.42 Å². The summed E-state index contributed by atoms with van der Waals surface area (Å²) in [6.45, 7) is 11.4. The van der Waals surface area contributed by atoms with Crippen LogP contribution in [0.3, 0.4) is 0 Å². The fraction of sp³-hybridized carbons (Fsp3) is 0.500. The Morgan fingerprint density at radius 3 is 2.47 bits per heavy atom. The van der Waals surface area contributed by atoms with Gasteiger partial charge in [0, 0.05) is 4.70 Å². The van der Waals surface area contributed by atoms with Crippen molar-refractivity contribution < 1.29 is 0 Å². The molecule has 0 aliphatic carbocycles. The molecule has 0 nitrogen and oxygen atoms in total. The molecule has 0 bridgehead atoms. The minimum atomic E-state index is 0.363. The Balaban J connectivity index is 2.47. The maximum absolute atomic E-state index is 2.39. The molecule has 1 heterocycles. The molecule has 0 saturated carbocycles. The standard InChI is InChI=1S/C16H22S/c1-11(2)12-6-7-15-14(8-12)13(10-17-15)9-16(3,4)5/h6-8,10-11H,9H2,1-5H3. The fourth-order valence-corrected chi connectivity index (χ4v) is 3.11. The van der Waals surface area contributed by atoms with Crippen LogP contribution in [0, 0.1) is 5.41 Å². The van der Waals surface area contributed by atoms with Gasteiger partial charge in [0.25, 0.3) is 0 Å². The van der Waals surface area contributed by atoms with Gasteiger partial charge in [-0.05, 0) is 51.8 Å². The minimum Gasteiger partial charge on any atom is -0.144 e. The summed E-state index contributed by atoms with van der Waals surface area (Å²) in [7, 11) is 0. The molecular formula is C16H22S. The highest BCUT2D eigenvalue weighted by molar-refractivity contribution is 7.17. The Morgan fingerprint density at radius 2 is 1.88 bits per heavy atom. The van der Waals surface area contributed by atoms with Crippen molar-refractivity contribution in [1.29, 1.82) is 0 Å². The lowest BCUT2D eigenvalue weighted by molar-refractivity contribution is 0.413. The Bertz CT molecular complexity index is 512. The molecule has 0 fully saturated rings. The van der Waals surface area contributed by atoms with Crippen LogP contribution in [0.2, 0.25) is 0 Å². The summed E-state index contributed by atoms with van der Waals surface area (Å²) in [6, 6.07) is 6.93. The van der Waals surface area contributed by atoms with Crippen molar-refractivity contribution in [3.8, 4) is 0 Å². The molecule has 0 unspecified atom stereocenters. The Labute approximate surface area is 109 Å². The summed E-state index contributed by atoms with van der Waals surface area (Å²) in [5.74, 6) is 0.613. The first-order chi connectivity index (χ1) is 7.87. The third kappa shape index (κ3) is 2.90. The normalized spacial score (nSPS) is 12.6. The van der Waals surface area contributed by atoms with Gasteiger partial charge in [-0.3, -0.25) is 0 Å². The van der Waals surface area contributed by atoms with E-state index in [0.717, 1.165) is 6.42 Å². The first kappa shape index (κ1) is 12.6. The lowest BCUT2D eigenvalue weighted by Crippen LogP contribution is -2.08. The molecule has 17 heavy (non-hydrogen) atoms. The zero-order valence-corrected chi connectivity index (χ0v) is 12.3. The topological polar surface area (TPSA) is 0 Å². The molecule has 2 aromatic rings. The number of fused-ring (bicyclic) bond motifs is 1. The largest absolute Gasteiger partial charge is 0.144 e. The van der Waals surface area contributed by atoms with E-state index in [1.54, 1.807) is 0 Å². The SMILES string of the molecule is CC(C)c1ccc2scc(CC(C)(C)C)c2c1. The summed E-state index contributed by atoms with van der Waals surface area (Å²) < 4.78 is 1.42. The number of hydrogen-bond acceptors (Lipinski definition) is 1. The summed E-state index contributed by atoms with van der Waals surface area (Å²) in [6.07, 6.45) is 1.16. The van der Waals surface area contributed by atoms with Gasteiger partial charge in [-0.1, -0.05) is 40.7 Å². The molecule has 1 aromatic carbocycles. The van der Waals surface area contributed by atoms with E-state index >= 15 is 0 Å². The molecule has 2 rings (SSSR count). The molecule has 0 radical (unpaired) electrons. The van der Waals surface area contributed by atoms with Crippen molar-refractivity contribution in [2.45, 2.75) is 47.0 Å². The first-order valence-electron chi connectivity index (χ1n) is 6.37. The van der Waals surface area contributed by atoms with Gasteiger partial charge in [-0.15, -0.1) is 11.3 Å². The molecule has 0 aliphatic rings. The van der Waals surface area contributed by atoms with Gasteiger partial charge in [0.1, 0.15) is 0 Å². The van der Waals surface area contributed by atoms with Crippen molar-refractivity contribution in [3.05, 3.63) is 34.7 Å². The average Bonchev–Trinajstić information content (AvgIpc) is 2.58. The van der Waals surface area contributed by atoms with Gasteiger partial charge in [-0.2, -0.15) is 0 Å². The first-order valence-corrected chi connectivity index (χ1v) is 7.25. The van der Waals surface area contributed by atoms with Gasteiger partial charge in [0.2, 0.25) is 0 Å². The molecule has 0 N–H and O–H groups in total. The number of rotatable bonds is 2. The van der Waals surface area contributed by atoms with Crippen molar-refractivity contribution in [3.63, 3.8) is 0 Å². The van der Waals surface area contributed by atoms with E-state index in [-0.39, 0.29) is 0 Å². The number of benzene rings is 1. The minimum absolute atomic E-state index is 0.363. The van der Waals surface area contributed by atoms with Crippen LogP contribution in [0.5, 0.6) is 0 Å². The molecule has 0 spiro atoms. The molecule has 92 valence electrons. The maximum atomic E-state index is 2.39. The highest BCUT2D eigenvalue weighted by Gasteiger charge is 2.15. The average molecular weight is 246 g/mol. The zero-order valence-electron chi connectivity index (χ0n) is 11.5. The highest BCUT2D eigenvalue weighted by Crippen LogP contribution is 2.33. The van der Waals surface area contributed by atoms with Crippen molar-refractivity contribution >= 4 is 21.4 Å². The number of hydrogen-bond donors (Lipinski definition) is 0. The smallest absolute Gasteiger partial charge is 0.0345 e. The molecule has 1 heteroatoms. The van der Waals surface area contributed by atoms with Crippen LogP contribution < -0.4 is 0 Å². The molecule has 1 aromatic heterocycles. The van der Waals surface area contributed by atoms with E-state index in [4.69, 9.17) is 0 Å². The molecule has 0 aliphatic heterocycles. The van der Waals surface area contributed by atoms with E-state index < -0.39 is 0 Å². The summed E-state index contributed by atoms with van der Waals surface area (Å²) in [5, 5.41) is 3.80. The Hall–Kier alpha value is -0.820. The molecular weight excluding hydrogens is 224 g/mol. The maximum Gasteiger partial charge on any atom is 0.0345 e. The molecule has 0 amide bonds. The predicted molar refractivity (Wildman–Crippen MR) is 79.1 cm³/mol. The van der Waals surface area contributed by atoms with Gasteiger partial charge in [-0.25, -0.2) is 0 Å². The third-order valence-electron chi connectivity index (χ3n) is 3.07. The third-order valence-corrected chi connectivity index (χ3v) is 4.08. The van der Waals surface area contributed by atoms with Gasteiger partial charge < -0.3 is 0 Å². The quantitative estimate of drug-likeness (QED) is 0.645. The van der Waals surface area contributed by atoms with Gasteiger partial charge in [0.15, 0.2) is 0 Å². The van der Waals surface area contributed by atoms with Crippen molar-refractivity contribution in [1.82, 2.24) is 0 Å². The Kier molecular flexibility index (Phi) is 3.31. The second kappa shape index (κ2) is 4.45. The van der Waals surface area contributed by atoms with E-state index in [0.29, 0.717) is 11.3 Å². The highest BCUT2D eigenvalue weighted by atomic mass is 32.1. The fourth-order valence-electron chi connectivity index (χ4n) is 2.17. The van der Waals surface area contributed by atoms with E-state index in [1.807, 2.05) is 11.3 Å². The zero-order chi connectivity index (χ0) is 12.6. The van der Waals surface area contributed by atoms with Crippen molar-refractivity contribution in [2.75, 3.05) is 0 Å². The van der Waals surface area contributed by atoms with Gasteiger partial charge >= 0.3 is 0 Å². The predicted octanol–water partition coefficient (Wildman–Crippen LogP) is 5.61. The van der Waals surface area contributed by atoms with Crippen LogP contribution in [-0.4, -0.2) is 0 Å². The summed E-state index contributed by atoms with van der Waals surface area (Å²) >= 11 is 1.88. The second-order valence-electron chi connectivity index (χ2n) is 6.41. The lowest BCUT2D eigenvalue weighted by Gasteiger charge is -2.17. The van der Waals surface area contributed by atoms with Crippen LogP contribution in [0.4, 0.5) is 0 Å². The van der Waals surface area contributed by atoms with Crippen LogP contribution in [0.25, 0.3) is 10.1 Å². The van der Waals surface area contributed by atoms with Crippen LogP contribution in [0.15, 0.2) is 23.6 Å². The van der Waals surface area contributed by atoms with Crippen molar-refractivity contribution in [2.24, 2.45) is 5.41 Å². The molecule has 0 atom stereocenters. The van der Waals surface area contributed by atoms with Crippen LogP contribution in [0.1, 0.15) is 51.7 Å². The Morgan fingerprint density at radius 1 is 1.18 bits per heavy atom. The summed E-state index contributed by atoms with van der Waals surface area (Å²) in [5.41, 5.74) is 3.33. The number of thiophene rings is 1. The monoisotopic (exact) mass is 246 g/mol. The van der Waals surface area contributed by atoms with E-state index in [2.05, 4.69) is 58.2 Å².